The van der Waals surface area contributed by atoms with E-state index in [-0.39, 0.29) is 17.1 Å². The number of hydrogen-bond acceptors (Lipinski definition) is 4. The molecule has 3 rings (SSSR count). The average Bonchev–Trinajstić information content (AvgIpc) is 2.55. The Bertz CT molecular complexity index is 898. The molecule has 1 amide bonds. The van der Waals surface area contributed by atoms with Gasteiger partial charge in [-0.1, -0.05) is 42.5 Å². The summed E-state index contributed by atoms with van der Waals surface area (Å²) in [6.45, 7) is 0. The van der Waals surface area contributed by atoms with Gasteiger partial charge in [-0.3, -0.25) is 4.79 Å². The minimum absolute atomic E-state index is 0.0397. The zero-order valence-electron chi connectivity index (χ0n) is 12.1. The largest absolute Gasteiger partial charge is 0.508 e. The highest BCUT2D eigenvalue weighted by Crippen LogP contribution is 2.22. The van der Waals surface area contributed by atoms with E-state index < -0.39 is 5.91 Å². The number of rotatable bonds is 3. The Morgan fingerprint density at radius 1 is 1.00 bits per heavy atom. The summed E-state index contributed by atoms with van der Waals surface area (Å²) in [6.07, 6.45) is 1.55. The quantitative estimate of drug-likeness (QED) is 0.514. The van der Waals surface area contributed by atoms with E-state index in [1.54, 1.807) is 6.21 Å². The molecule has 114 valence electrons. The standard InChI is InChI=1S/C18H14N2O3/c21-14-8-9-16(17(22)10-14)18(23)20-19-11-13-6-3-5-12-4-1-2-7-15(12)13/h1-11,21-22H,(H,20,23)/b19-11+. The van der Waals surface area contributed by atoms with Crippen molar-refractivity contribution in [3.8, 4) is 11.5 Å². The molecule has 23 heavy (non-hydrogen) atoms. The molecule has 0 aliphatic rings. The second kappa shape index (κ2) is 6.19. The van der Waals surface area contributed by atoms with Crippen LogP contribution in [0.3, 0.4) is 0 Å². The normalized spacial score (nSPS) is 11.0. The number of aromatic hydroxyl groups is 2. The molecule has 0 aliphatic heterocycles. The number of fused-ring (bicyclic) bond motifs is 1. The molecule has 0 aromatic heterocycles. The molecule has 3 aromatic rings. The van der Waals surface area contributed by atoms with Crippen molar-refractivity contribution in [2.24, 2.45) is 5.10 Å². The Kier molecular flexibility index (Phi) is 3.93. The molecular formula is C18H14N2O3. The fourth-order valence-corrected chi connectivity index (χ4v) is 2.30. The lowest BCUT2D eigenvalue weighted by Gasteiger charge is -2.04. The van der Waals surface area contributed by atoms with Crippen LogP contribution in [0.15, 0.2) is 65.8 Å². The van der Waals surface area contributed by atoms with Gasteiger partial charge in [-0.25, -0.2) is 5.43 Å². The minimum atomic E-state index is -0.556. The minimum Gasteiger partial charge on any atom is -0.508 e. The average molecular weight is 306 g/mol. The number of phenols is 2. The summed E-state index contributed by atoms with van der Waals surface area (Å²) in [5, 5.41) is 24.9. The fourth-order valence-electron chi connectivity index (χ4n) is 2.30. The molecule has 0 aliphatic carbocycles. The maximum absolute atomic E-state index is 12.0. The summed E-state index contributed by atoms with van der Waals surface area (Å²) >= 11 is 0. The van der Waals surface area contributed by atoms with Crippen LogP contribution >= 0.6 is 0 Å². The summed E-state index contributed by atoms with van der Waals surface area (Å²) in [6, 6.07) is 17.4. The molecule has 3 N–H and O–H groups in total. The number of nitrogens with zero attached hydrogens (tertiary/aromatic N) is 1. The number of amides is 1. The second-order valence-electron chi connectivity index (χ2n) is 4.97. The van der Waals surface area contributed by atoms with E-state index in [9.17, 15) is 15.0 Å². The Morgan fingerprint density at radius 3 is 2.61 bits per heavy atom. The van der Waals surface area contributed by atoms with Gasteiger partial charge in [0, 0.05) is 11.6 Å². The molecule has 5 heteroatoms. The molecule has 3 aromatic carbocycles. The first kappa shape index (κ1) is 14.6. The van der Waals surface area contributed by atoms with E-state index in [2.05, 4.69) is 10.5 Å². The highest BCUT2D eigenvalue weighted by atomic mass is 16.3. The van der Waals surface area contributed by atoms with Crippen LogP contribution in [0.5, 0.6) is 11.5 Å². The van der Waals surface area contributed by atoms with Crippen molar-refractivity contribution in [3.05, 3.63) is 71.8 Å². The number of carbonyl (C=O) groups is 1. The van der Waals surface area contributed by atoms with Crippen molar-refractivity contribution in [1.29, 1.82) is 0 Å². The lowest BCUT2D eigenvalue weighted by molar-refractivity contribution is 0.0952. The molecule has 0 saturated carbocycles. The van der Waals surface area contributed by atoms with Crippen LogP contribution in [0.1, 0.15) is 15.9 Å². The molecule has 0 unspecified atom stereocenters. The zero-order valence-corrected chi connectivity index (χ0v) is 12.1. The van der Waals surface area contributed by atoms with Gasteiger partial charge in [0.2, 0.25) is 0 Å². The van der Waals surface area contributed by atoms with Crippen LogP contribution in [0.25, 0.3) is 10.8 Å². The molecule has 0 saturated heterocycles. The topological polar surface area (TPSA) is 81.9 Å². The predicted molar refractivity (Wildman–Crippen MR) is 88.8 cm³/mol. The van der Waals surface area contributed by atoms with Gasteiger partial charge in [0.1, 0.15) is 11.5 Å². The number of phenolic OH excluding ortho intramolecular Hbond substituents is 2. The van der Waals surface area contributed by atoms with E-state index in [1.165, 1.54) is 12.1 Å². The Morgan fingerprint density at radius 2 is 1.78 bits per heavy atom. The highest BCUT2D eigenvalue weighted by molar-refractivity contribution is 6.01. The van der Waals surface area contributed by atoms with Crippen molar-refractivity contribution in [1.82, 2.24) is 5.43 Å². The highest BCUT2D eigenvalue weighted by Gasteiger charge is 2.10. The first-order valence-electron chi connectivity index (χ1n) is 6.98. The van der Waals surface area contributed by atoms with Crippen LogP contribution < -0.4 is 5.43 Å². The summed E-state index contributed by atoms with van der Waals surface area (Å²) in [4.78, 5) is 12.0. The fraction of sp³-hybridized carbons (Fsp3) is 0. The molecule has 0 atom stereocenters. The maximum atomic E-state index is 12.0. The van der Waals surface area contributed by atoms with Gasteiger partial charge in [-0.2, -0.15) is 5.10 Å². The third kappa shape index (κ3) is 3.13. The van der Waals surface area contributed by atoms with Gasteiger partial charge in [0.25, 0.3) is 5.91 Å². The second-order valence-corrected chi connectivity index (χ2v) is 4.97. The van der Waals surface area contributed by atoms with Gasteiger partial charge in [0.05, 0.1) is 11.8 Å². The monoisotopic (exact) mass is 306 g/mol. The van der Waals surface area contributed by atoms with E-state index in [4.69, 9.17) is 0 Å². The van der Waals surface area contributed by atoms with E-state index in [0.29, 0.717) is 0 Å². The van der Waals surface area contributed by atoms with Gasteiger partial charge >= 0.3 is 0 Å². The summed E-state index contributed by atoms with van der Waals surface area (Å²) in [7, 11) is 0. The third-order valence-electron chi connectivity index (χ3n) is 3.42. The van der Waals surface area contributed by atoms with Crippen molar-refractivity contribution in [3.63, 3.8) is 0 Å². The first-order chi connectivity index (χ1) is 11.1. The van der Waals surface area contributed by atoms with E-state index >= 15 is 0 Å². The van der Waals surface area contributed by atoms with Gasteiger partial charge in [-0.05, 0) is 22.9 Å². The van der Waals surface area contributed by atoms with Crippen LogP contribution in [-0.4, -0.2) is 22.3 Å². The SMILES string of the molecule is O=C(N/N=C/c1cccc2ccccc12)c1ccc(O)cc1O. The van der Waals surface area contributed by atoms with E-state index in [1.807, 2.05) is 42.5 Å². The summed E-state index contributed by atoms with van der Waals surface area (Å²) in [5.41, 5.74) is 3.27. The summed E-state index contributed by atoms with van der Waals surface area (Å²) < 4.78 is 0. The number of hydrogen-bond donors (Lipinski definition) is 3. The molecule has 5 nitrogen and oxygen atoms in total. The molecule has 0 fully saturated rings. The smallest absolute Gasteiger partial charge is 0.275 e. The van der Waals surface area contributed by atoms with Crippen molar-refractivity contribution < 1.29 is 15.0 Å². The van der Waals surface area contributed by atoms with Crippen molar-refractivity contribution in [2.45, 2.75) is 0 Å². The van der Waals surface area contributed by atoms with Gasteiger partial charge in [-0.15, -0.1) is 0 Å². The third-order valence-corrected chi connectivity index (χ3v) is 3.42. The maximum Gasteiger partial charge on any atom is 0.275 e. The molecule has 0 bridgehead atoms. The van der Waals surface area contributed by atoms with Gasteiger partial charge in [0.15, 0.2) is 0 Å². The predicted octanol–water partition coefficient (Wildman–Crippen LogP) is 3.01. The summed E-state index contributed by atoms with van der Waals surface area (Å²) in [5.74, 6) is -0.972. The molecule has 0 heterocycles. The van der Waals surface area contributed by atoms with Crippen LogP contribution in [-0.2, 0) is 0 Å². The van der Waals surface area contributed by atoms with E-state index in [0.717, 1.165) is 22.4 Å². The zero-order chi connectivity index (χ0) is 16.2. The van der Waals surface area contributed by atoms with Crippen LogP contribution in [0.4, 0.5) is 0 Å². The lowest BCUT2D eigenvalue weighted by Crippen LogP contribution is -2.17. The molecular weight excluding hydrogens is 292 g/mol. The number of hydrazone groups is 1. The lowest BCUT2D eigenvalue weighted by atomic mass is 10.1. The first-order valence-corrected chi connectivity index (χ1v) is 6.98. The Hall–Kier alpha value is -3.34. The Labute approximate surface area is 132 Å². The van der Waals surface area contributed by atoms with Crippen LogP contribution in [0.2, 0.25) is 0 Å². The van der Waals surface area contributed by atoms with Gasteiger partial charge < -0.3 is 10.2 Å². The Balaban J connectivity index is 1.79. The van der Waals surface area contributed by atoms with Crippen LogP contribution in [0, 0.1) is 0 Å². The molecule has 0 radical (unpaired) electrons. The number of nitrogens with one attached hydrogen (secondary N) is 1. The molecule has 0 spiro atoms. The number of carbonyl (C=O) groups excluding carboxylic acids is 1. The van der Waals surface area contributed by atoms with Crippen molar-refractivity contribution >= 4 is 22.9 Å². The number of benzene rings is 3. The van der Waals surface area contributed by atoms with Crippen molar-refractivity contribution in [2.75, 3.05) is 0 Å².